The van der Waals surface area contributed by atoms with Crippen LogP contribution in [0.4, 0.5) is 0 Å². The molecule has 2 aromatic rings. The Morgan fingerprint density at radius 1 is 1.27 bits per heavy atom. The van der Waals surface area contributed by atoms with Gasteiger partial charge in [0.1, 0.15) is 11.4 Å². The van der Waals surface area contributed by atoms with E-state index in [4.69, 9.17) is 0 Å². The summed E-state index contributed by atoms with van der Waals surface area (Å²) in [6, 6.07) is 7.65. The van der Waals surface area contributed by atoms with Crippen molar-refractivity contribution in [3.63, 3.8) is 0 Å². The van der Waals surface area contributed by atoms with Gasteiger partial charge in [-0.05, 0) is 19.8 Å². The summed E-state index contributed by atoms with van der Waals surface area (Å²) in [6.45, 7) is 2.49. The minimum Gasteiger partial charge on any atom is -0.396 e. The van der Waals surface area contributed by atoms with Crippen LogP contribution < -0.4 is 5.56 Å². The van der Waals surface area contributed by atoms with Crippen molar-refractivity contribution >= 4 is 5.91 Å². The lowest BCUT2D eigenvalue weighted by molar-refractivity contribution is 0.0593. The highest BCUT2D eigenvalue weighted by molar-refractivity contribution is 5.93. The number of H-pyrrole nitrogens is 1. The molecule has 1 heterocycles. The lowest BCUT2D eigenvalue weighted by Crippen LogP contribution is -2.41. The van der Waals surface area contributed by atoms with E-state index in [-0.39, 0.29) is 23.5 Å². The number of aryl methyl sites for hydroxylation is 1. The smallest absolute Gasteiger partial charge is 0.264 e. The fourth-order valence-corrected chi connectivity index (χ4v) is 3.68. The number of aliphatic hydroxyl groups excluding tert-OH is 1. The van der Waals surface area contributed by atoms with Crippen molar-refractivity contribution in [2.75, 3.05) is 20.2 Å². The molecule has 2 N–H and O–H groups in total. The molecule has 0 spiro atoms. The number of aromatic nitrogens is 2. The van der Waals surface area contributed by atoms with E-state index in [1.54, 1.807) is 7.05 Å². The highest BCUT2D eigenvalue weighted by Gasteiger charge is 2.35. The Kier molecular flexibility index (Phi) is 5.23. The van der Waals surface area contributed by atoms with Crippen molar-refractivity contribution in [2.24, 2.45) is 5.41 Å². The van der Waals surface area contributed by atoms with Crippen molar-refractivity contribution in [1.29, 1.82) is 0 Å². The van der Waals surface area contributed by atoms with Crippen LogP contribution in [0, 0.1) is 12.3 Å². The molecule has 0 saturated heterocycles. The van der Waals surface area contributed by atoms with Crippen LogP contribution in [0.15, 0.2) is 35.3 Å². The summed E-state index contributed by atoms with van der Waals surface area (Å²) in [5, 5.41) is 9.74. The minimum atomic E-state index is -0.447. The van der Waals surface area contributed by atoms with Crippen molar-refractivity contribution < 1.29 is 9.90 Å². The fourth-order valence-electron chi connectivity index (χ4n) is 3.68. The Balaban J connectivity index is 1.79. The second-order valence-corrected chi connectivity index (χ2v) is 7.37. The van der Waals surface area contributed by atoms with Gasteiger partial charge in [0, 0.05) is 30.8 Å². The zero-order valence-electron chi connectivity index (χ0n) is 15.3. The van der Waals surface area contributed by atoms with Gasteiger partial charge < -0.3 is 15.0 Å². The first kappa shape index (κ1) is 18.3. The molecule has 6 nitrogen and oxygen atoms in total. The molecule has 26 heavy (non-hydrogen) atoms. The summed E-state index contributed by atoms with van der Waals surface area (Å²) in [4.78, 5) is 33.6. The van der Waals surface area contributed by atoms with Crippen LogP contribution >= 0.6 is 0 Å². The number of nitrogens with one attached hydrogen (secondary N) is 1. The summed E-state index contributed by atoms with van der Waals surface area (Å²) >= 11 is 0. The summed E-state index contributed by atoms with van der Waals surface area (Å²) in [6.07, 6.45) is 5.28. The number of amides is 1. The molecule has 0 aliphatic heterocycles. The van der Waals surface area contributed by atoms with Gasteiger partial charge in [0.25, 0.3) is 11.5 Å². The lowest BCUT2D eigenvalue weighted by atomic mass is 9.86. The average molecular weight is 355 g/mol. The number of benzene rings is 1. The maximum absolute atomic E-state index is 12.7. The number of aromatic amines is 1. The molecule has 1 aromatic heterocycles. The van der Waals surface area contributed by atoms with Gasteiger partial charge in [0.2, 0.25) is 0 Å². The maximum Gasteiger partial charge on any atom is 0.264 e. The van der Waals surface area contributed by atoms with Crippen LogP contribution in [0.5, 0.6) is 0 Å². The third-order valence-corrected chi connectivity index (χ3v) is 5.27. The highest BCUT2D eigenvalue weighted by Crippen LogP contribution is 2.38. The van der Waals surface area contributed by atoms with Crippen LogP contribution in [0.1, 0.15) is 41.6 Å². The fraction of sp³-hybridized carbons (Fsp3) is 0.450. The monoisotopic (exact) mass is 355 g/mol. The number of carbonyl (C=O) groups excluding carboxylic acids is 1. The molecule has 1 aliphatic rings. The van der Waals surface area contributed by atoms with Gasteiger partial charge >= 0.3 is 0 Å². The maximum atomic E-state index is 12.7. The average Bonchev–Trinajstić information content (AvgIpc) is 3.10. The van der Waals surface area contributed by atoms with Crippen LogP contribution in [0.25, 0.3) is 11.4 Å². The van der Waals surface area contributed by atoms with Gasteiger partial charge in [0.05, 0.1) is 6.61 Å². The summed E-state index contributed by atoms with van der Waals surface area (Å²) < 4.78 is 0. The SMILES string of the molecule is Cc1ccc(-c2ncc(C(=O)N(C)CC3(CO)CCCC3)c(=O)[nH]2)cc1. The molecule has 0 atom stereocenters. The number of hydrogen-bond donors (Lipinski definition) is 2. The number of hydrogen-bond acceptors (Lipinski definition) is 4. The molecule has 1 aliphatic carbocycles. The summed E-state index contributed by atoms with van der Waals surface area (Å²) in [5.41, 5.74) is 1.25. The first-order valence-electron chi connectivity index (χ1n) is 8.97. The molecule has 1 fully saturated rings. The second kappa shape index (κ2) is 7.41. The van der Waals surface area contributed by atoms with E-state index < -0.39 is 5.56 Å². The van der Waals surface area contributed by atoms with Crippen LogP contribution in [-0.4, -0.2) is 46.1 Å². The molecule has 0 radical (unpaired) electrons. The Bertz CT molecular complexity index is 836. The van der Waals surface area contributed by atoms with Crippen molar-refractivity contribution in [1.82, 2.24) is 14.9 Å². The van der Waals surface area contributed by atoms with E-state index in [9.17, 15) is 14.7 Å². The summed E-state index contributed by atoms with van der Waals surface area (Å²) in [5.74, 6) is 0.0748. The quantitative estimate of drug-likeness (QED) is 0.862. The highest BCUT2D eigenvalue weighted by atomic mass is 16.3. The number of aliphatic hydroxyl groups is 1. The predicted octanol–water partition coefficient (Wildman–Crippen LogP) is 2.37. The van der Waals surface area contributed by atoms with Crippen LogP contribution in [0.2, 0.25) is 0 Å². The number of rotatable bonds is 5. The molecule has 6 heteroatoms. The Hall–Kier alpha value is -2.47. The molecular weight excluding hydrogens is 330 g/mol. The van der Waals surface area contributed by atoms with Crippen molar-refractivity contribution in [3.05, 3.63) is 51.9 Å². The molecule has 138 valence electrons. The normalized spacial score (nSPS) is 15.8. The number of nitrogens with zero attached hydrogens (tertiary/aromatic N) is 2. The predicted molar refractivity (Wildman–Crippen MR) is 100.0 cm³/mol. The zero-order valence-corrected chi connectivity index (χ0v) is 15.3. The molecule has 3 rings (SSSR count). The van der Waals surface area contributed by atoms with E-state index in [0.717, 1.165) is 36.8 Å². The Labute approximate surface area is 152 Å². The van der Waals surface area contributed by atoms with Gasteiger partial charge in [0.15, 0.2) is 0 Å². The standard InChI is InChI=1S/C20H25N3O3/c1-14-5-7-15(8-6-14)17-21-11-16(18(25)22-17)19(26)23(2)12-20(13-24)9-3-4-10-20/h5-8,11,24H,3-4,9-10,12-13H2,1-2H3,(H,21,22,25). The van der Waals surface area contributed by atoms with Crippen LogP contribution in [0.3, 0.4) is 0 Å². The lowest BCUT2D eigenvalue weighted by Gasteiger charge is -2.31. The molecule has 0 unspecified atom stereocenters. The first-order valence-corrected chi connectivity index (χ1v) is 8.97. The van der Waals surface area contributed by atoms with E-state index in [0.29, 0.717) is 12.4 Å². The van der Waals surface area contributed by atoms with E-state index in [1.807, 2.05) is 31.2 Å². The third-order valence-electron chi connectivity index (χ3n) is 5.27. The third kappa shape index (κ3) is 3.70. The molecule has 0 bridgehead atoms. The van der Waals surface area contributed by atoms with Crippen LogP contribution in [-0.2, 0) is 0 Å². The summed E-state index contributed by atoms with van der Waals surface area (Å²) in [7, 11) is 1.67. The Morgan fingerprint density at radius 3 is 2.50 bits per heavy atom. The molecule has 1 amide bonds. The van der Waals surface area contributed by atoms with Crippen molar-refractivity contribution in [3.8, 4) is 11.4 Å². The largest absolute Gasteiger partial charge is 0.396 e. The Morgan fingerprint density at radius 2 is 1.92 bits per heavy atom. The number of carbonyl (C=O) groups is 1. The van der Waals surface area contributed by atoms with E-state index >= 15 is 0 Å². The topological polar surface area (TPSA) is 86.3 Å². The van der Waals surface area contributed by atoms with Gasteiger partial charge in [-0.1, -0.05) is 42.7 Å². The second-order valence-electron chi connectivity index (χ2n) is 7.37. The molecule has 1 aromatic carbocycles. The molecule has 1 saturated carbocycles. The zero-order chi connectivity index (χ0) is 18.7. The van der Waals surface area contributed by atoms with Crippen molar-refractivity contribution in [2.45, 2.75) is 32.6 Å². The first-order chi connectivity index (χ1) is 12.4. The minimum absolute atomic E-state index is 0.0226. The van der Waals surface area contributed by atoms with Gasteiger partial charge in [-0.3, -0.25) is 9.59 Å². The molecular formula is C20H25N3O3. The van der Waals surface area contributed by atoms with Gasteiger partial charge in [-0.15, -0.1) is 0 Å². The van der Waals surface area contributed by atoms with Gasteiger partial charge in [-0.2, -0.15) is 0 Å². The van der Waals surface area contributed by atoms with E-state index in [1.165, 1.54) is 11.1 Å². The van der Waals surface area contributed by atoms with E-state index in [2.05, 4.69) is 9.97 Å². The van der Waals surface area contributed by atoms with Gasteiger partial charge in [-0.25, -0.2) is 4.98 Å².